The molecule has 0 aromatic heterocycles. The van der Waals surface area contributed by atoms with Gasteiger partial charge in [0.25, 0.3) is 0 Å². The van der Waals surface area contributed by atoms with Crippen molar-refractivity contribution in [3.8, 4) is 0 Å². The van der Waals surface area contributed by atoms with Crippen LogP contribution in [0, 0.1) is 20.8 Å². The van der Waals surface area contributed by atoms with Gasteiger partial charge in [0.15, 0.2) is 0 Å². The molecule has 0 atom stereocenters. The average molecular weight is 329 g/mol. The lowest BCUT2D eigenvalue weighted by molar-refractivity contribution is 0.488. The van der Waals surface area contributed by atoms with E-state index < -0.39 is 0 Å². The molecule has 0 amide bonds. The maximum Gasteiger partial charge on any atom is 0.0947 e. The lowest BCUT2D eigenvalue weighted by atomic mass is 9.76. The standard InChI is InChI=1S/C24H27N/c1-5-25-24(21-12-6-18(2)7-13-21,22-14-8-19(3)9-15-22)23-16-10-20(4)11-17-23/h6-17,25H,5H2,1-4H3. The number of hydrogen-bond acceptors (Lipinski definition) is 1. The molecule has 0 fully saturated rings. The molecule has 128 valence electrons. The smallest absolute Gasteiger partial charge is 0.0947 e. The van der Waals surface area contributed by atoms with Gasteiger partial charge in [-0.3, -0.25) is 0 Å². The highest BCUT2D eigenvalue weighted by Crippen LogP contribution is 2.37. The predicted octanol–water partition coefficient (Wildman–Crippen LogP) is 5.51. The van der Waals surface area contributed by atoms with Crippen molar-refractivity contribution in [2.45, 2.75) is 33.2 Å². The Morgan fingerprint density at radius 1 is 0.560 bits per heavy atom. The minimum atomic E-state index is -0.343. The second-order valence-electron chi connectivity index (χ2n) is 6.88. The molecule has 3 aromatic carbocycles. The van der Waals surface area contributed by atoms with Crippen LogP contribution in [0.2, 0.25) is 0 Å². The van der Waals surface area contributed by atoms with Crippen LogP contribution in [-0.4, -0.2) is 6.54 Å². The molecular formula is C24H27N. The Labute approximate surface area is 151 Å². The molecule has 0 aliphatic carbocycles. The van der Waals surface area contributed by atoms with E-state index in [2.05, 4.69) is 106 Å². The van der Waals surface area contributed by atoms with Crippen LogP contribution in [0.5, 0.6) is 0 Å². The fraction of sp³-hybridized carbons (Fsp3) is 0.250. The van der Waals surface area contributed by atoms with Gasteiger partial charge in [-0.05, 0) is 44.0 Å². The van der Waals surface area contributed by atoms with Crippen molar-refractivity contribution in [1.82, 2.24) is 5.32 Å². The summed E-state index contributed by atoms with van der Waals surface area (Å²) >= 11 is 0. The molecule has 3 rings (SSSR count). The molecule has 1 heteroatoms. The average Bonchev–Trinajstić information content (AvgIpc) is 2.62. The molecule has 0 aliphatic heterocycles. The molecule has 0 aliphatic rings. The second kappa shape index (κ2) is 7.25. The van der Waals surface area contributed by atoms with Crippen LogP contribution in [0.15, 0.2) is 72.8 Å². The van der Waals surface area contributed by atoms with Crippen LogP contribution in [-0.2, 0) is 5.54 Å². The Morgan fingerprint density at radius 2 is 0.840 bits per heavy atom. The normalized spacial score (nSPS) is 11.5. The summed E-state index contributed by atoms with van der Waals surface area (Å²) in [5.41, 5.74) is 7.31. The van der Waals surface area contributed by atoms with E-state index in [1.54, 1.807) is 0 Å². The molecule has 0 saturated heterocycles. The molecule has 0 radical (unpaired) electrons. The molecule has 1 nitrogen and oxygen atoms in total. The third-order valence-electron chi connectivity index (χ3n) is 4.90. The summed E-state index contributed by atoms with van der Waals surface area (Å²) in [4.78, 5) is 0. The van der Waals surface area contributed by atoms with Gasteiger partial charge >= 0.3 is 0 Å². The van der Waals surface area contributed by atoms with Crippen molar-refractivity contribution >= 4 is 0 Å². The zero-order valence-corrected chi connectivity index (χ0v) is 15.6. The van der Waals surface area contributed by atoms with Gasteiger partial charge in [-0.1, -0.05) is 96.4 Å². The minimum absolute atomic E-state index is 0.343. The van der Waals surface area contributed by atoms with Gasteiger partial charge in [0.05, 0.1) is 5.54 Å². The van der Waals surface area contributed by atoms with Gasteiger partial charge in [-0.2, -0.15) is 0 Å². The quantitative estimate of drug-likeness (QED) is 0.608. The Balaban J connectivity index is 2.28. The maximum absolute atomic E-state index is 3.80. The zero-order valence-electron chi connectivity index (χ0n) is 15.6. The van der Waals surface area contributed by atoms with E-state index >= 15 is 0 Å². The van der Waals surface area contributed by atoms with Gasteiger partial charge in [-0.25, -0.2) is 0 Å². The fourth-order valence-corrected chi connectivity index (χ4v) is 3.48. The van der Waals surface area contributed by atoms with E-state index in [0.717, 1.165) is 6.54 Å². The zero-order chi connectivity index (χ0) is 17.9. The highest BCUT2D eigenvalue weighted by molar-refractivity contribution is 5.50. The molecule has 3 aromatic rings. The number of aryl methyl sites for hydroxylation is 3. The van der Waals surface area contributed by atoms with Gasteiger partial charge in [0.2, 0.25) is 0 Å². The summed E-state index contributed by atoms with van der Waals surface area (Å²) in [5, 5.41) is 3.80. The Morgan fingerprint density at radius 3 is 1.08 bits per heavy atom. The van der Waals surface area contributed by atoms with Crippen molar-refractivity contribution in [3.05, 3.63) is 106 Å². The monoisotopic (exact) mass is 329 g/mol. The second-order valence-corrected chi connectivity index (χ2v) is 6.88. The molecule has 0 spiro atoms. The number of rotatable bonds is 5. The van der Waals surface area contributed by atoms with Crippen LogP contribution in [0.3, 0.4) is 0 Å². The first-order valence-corrected chi connectivity index (χ1v) is 9.02. The van der Waals surface area contributed by atoms with E-state index in [-0.39, 0.29) is 5.54 Å². The Hall–Kier alpha value is -2.38. The SMILES string of the molecule is CCNC(c1ccc(C)cc1)(c1ccc(C)cc1)c1ccc(C)cc1. The fourth-order valence-electron chi connectivity index (χ4n) is 3.48. The molecule has 0 heterocycles. The molecule has 1 N–H and O–H groups in total. The van der Waals surface area contributed by atoms with Gasteiger partial charge in [-0.15, -0.1) is 0 Å². The summed E-state index contributed by atoms with van der Waals surface area (Å²) in [6.07, 6.45) is 0. The molecule has 0 unspecified atom stereocenters. The number of hydrogen-bond donors (Lipinski definition) is 1. The lowest BCUT2D eigenvalue weighted by Gasteiger charge is -2.37. The Bertz CT molecular complexity index is 701. The first-order chi connectivity index (χ1) is 12.1. The molecular weight excluding hydrogens is 302 g/mol. The summed E-state index contributed by atoms with van der Waals surface area (Å²) in [6.45, 7) is 9.46. The minimum Gasteiger partial charge on any atom is -0.300 e. The largest absolute Gasteiger partial charge is 0.300 e. The van der Waals surface area contributed by atoms with Gasteiger partial charge in [0.1, 0.15) is 0 Å². The predicted molar refractivity (Wildman–Crippen MR) is 107 cm³/mol. The van der Waals surface area contributed by atoms with Crippen molar-refractivity contribution in [3.63, 3.8) is 0 Å². The molecule has 0 saturated carbocycles. The van der Waals surface area contributed by atoms with E-state index in [1.807, 2.05) is 0 Å². The molecule has 0 bridgehead atoms. The topological polar surface area (TPSA) is 12.0 Å². The van der Waals surface area contributed by atoms with Crippen LogP contribution < -0.4 is 5.32 Å². The summed E-state index contributed by atoms with van der Waals surface area (Å²) in [5.74, 6) is 0. The van der Waals surface area contributed by atoms with Crippen LogP contribution in [0.25, 0.3) is 0 Å². The van der Waals surface area contributed by atoms with E-state index in [0.29, 0.717) is 0 Å². The third-order valence-corrected chi connectivity index (χ3v) is 4.90. The Kier molecular flexibility index (Phi) is 5.06. The van der Waals surface area contributed by atoms with E-state index in [4.69, 9.17) is 0 Å². The first-order valence-electron chi connectivity index (χ1n) is 9.02. The van der Waals surface area contributed by atoms with Gasteiger partial charge in [0, 0.05) is 0 Å². The number of benzene rings is 3. The van der Waals surface area contributed by atoms with Crippen molar-refractivity contribution < 1.29 is 0 Å². The van der Waals surface area contributed by atoms with Gasteiger partial charge < -0.3 is 5.32 Å². The lowest BCUT2D eigenvalue weighted by Crippen LogP contribution is -2.44. The summed E-state index contributed by atoms with van der Waals surface area (Å²) < 4.78 is 0. The maximum atomic E-state index is 3.80. The highest BCUT2D eigenvalue weighted by atomic mass is 15.0. The van der Waals surface area contributed by atoms with Crippen LogP contribution in [0.4, 0.5) is 0 Å². The summed E-state index contributed by atoms with van der Waals surface area (Å²) in [7, 11) is 0. The van der Waals surface area contributed by atoms with E-state index in [1.165, 1.54) is 33.4 Å². The molecule has 25 heavy (non-hydrogen) atoms. The van der Waals surface area contributed by atoms with Crippen LogP contribution >= 0.6 is 0 Å². The van der Waals surface area contributed by atoms with Crippen LogP contribution in [0.1, 0.15) is 40.3 Å². The van der Waals surface area contributed by atoms with Crippen molar-refractivity contribution in [2.24, 2.45) is 0 Å². The first kappa shape index (κ1) is 17.4. The van der Waals surface area contributed by atoms with E-state index in [9.17, 15) is 0 Å². The van der Waals surface area contributed by atoms with Crippen molar-refractivity contribution in [1.29, 1.82) is 0 Å². The summed E-state index contributed by atoms with van der Waals surface area (Å²) in [6, 6.07) is 26.7. The number of nitrogens with one attached hydrogen (secondary N) is 1. The third kappa shape index (κ3) is 3.38. The van der Waals surface area contributed by atoms with Crippen molar-refractivity contribution in [2.75, 3.05) is 6.54 Å². The highest BCUT2D eigenvalue weighted by Gasteiger charge is 2.35.